The second kappa shape index (κ2) is 4.72. The van der Waals surface area contributed by atoms with E-state index in [9.17, 15) is 0 Å². The average molecular weight is 292 g/mol. The molecule has 0 amide bonds. The maximum Gasteiger partial charge on any atom is 0.0541 e. The van der Waals surface area contributed by atoms with E-state index in [2.05, 4.69) is 89.5 Å². The lowest BCUT2D eigenvalue weighted by Gasteiger charge is -2.11. The Kier molecular flexibility index (Phi) is 2.56. The largest absolute Gasteiger partial charge is 0.309 e. The van der Waals surface area contributed by atoms with Crippen LogP contribution < -0.4 is 0 Å². The summed E-state index contributed by atoms with van der Waals surface area (Å²) in [6, 6.07) is 33.2. The van der Waals surface area contributed by atoms with Gasteiger partial charge in [-0.2, -0.15) is 0 Å². The Morgan fingerprint density at radius 1 is 0.565 bits per heavy atom. The first kappa shape index (κ1) is 12.5. The van der Waals surface area contributed by atoms with E-state index in [0.717, 1.165) is 5.39 Å². The summed E-state index contributed by atoms with van der Waals surface area (Å²) in [5, 5.41) is 4.95. The van der Waals surface area contributed by atoms with Gasteiger partial charge in [0.25, 0.3) is 0 Å². The highest BCUT2D eigenvalue weighted by Gasteiger charge is 2.12. The molecule has 1 aromatic heterocycles. The first-order valence-corrected chi connectivity index (χ1v) is 7.81. The van der Waals surface area contributed by atoms with Crippen molar-refractivity contribution in [2.75, 3.05) is 0 Å². The monoisotopic (exact) mass is 292 g/mol. The van der Waals surface area contributed by atoms with Crippen LogP contribution >= 0.6 is 0 Å². The van der Waals surface area contributed by atoms with Crippen molar-refractivity contribution in [3.63, 3.8) is 0 Å². The van der Waals surface area contributed by atoms with Crippen LogP contribution in [0.2, 0.25) is 0 Å². The molecule has 0 bridgehead atoms. The fraction of sp³-hybridized carbons (Fsp3) is 0. The van der Waals surface area contributed by atoms with Crippen LogP contribution in [0.3, 0.4) is 0 Å². The summed E-state index contributed by atoms with van der Waals surface area (Å²) in [5.41, 5.74) is 3.69. The highest BCUT2D eigenvalue weighted by Crippen LogP contribution is 2.34. The maximum absolute atomic E-state index is 3.34. The van der Waals surface area contributed by atoms with Gasteiger partial charge in [0, 0.05) is 16.2 Å². The second-order valence-corrected chi connectivity index (χ2v) is 5.78. The third-order valence-electron chi connectivity index (χ3n) is 4.50. The summed E-state index contributed by atoms with van der Waals surface area (Å²) in [7, 11) is 0. The zero-order valence-electron chi connectivity index (χ0n) is 12.5. The molecular weight excluding hydrogens is 278 g/mol. The van der Waals surface area contributed by atoms with Crippen molar-refractivity contribution >= 4 is 32.6 Å². The van der Waals surface area contributed by atoms with Crippen molar-refractivity contribution in [2.45, 2.75) is 0 Å². The van der Waals surface area contributed by atoms with E-state index in [4.69, 9.17) is 0 Å². The van der Waals surface area contributed by atoms with Crippen LogP contribution in [0.5, 0.6) is 0 Å². The molecule has 1 heterocycles. The van der Waals surface area contributed by atoms with E-state index in [1.54, 1.807) is 0 Å². The Bertz CT molecular complexity index is 1110. The zero-order chi connectivity index (χ0) is 15.2. The van der Waals surface area contributed by atoms with Crippen LogP contribution in [-0.2, 0) is 0 Å². The third-order valence-corrected chi connectivity index (χ3v) is 4.50. The normalized spacial score (nSPS) is 11.5. The van der Waals surface area contributed by atoms with Crippen LogP contribution in [0.1, 0.15) is 0 Å². The van der Waals surface area contributed by atoms with Gasteiger partial charge in [-0.05, 0) is 29.7 Å². The van der Waals surface area contributed by atoms with Crippen LogP contribution in [0.25, 0.3) is 38.3 Å². The molecule has 0 N–H and O–H groups in total. The molecule has 4 aromatic carbocycles. The highest BCUT2D eigenvalue weighted by atomic mass is 15.0. The van der Waals surface area contributed by atoms with E-state index >= 15 is 0 Å². The molecule has 0 atom stereocenters. The van der Waals surface area contributed by atoms with Crippen LogP contribution in [-0.4, -0.2) is 4.57 Å². The number of nitrogens with zero attached hydrogens (tertiary/aromatic N) is 1. The zero-order valence-corrected chi connectivity index (χ0v) is 12.5. The summed E-state index contributed by atoms with van der Waals surface area (Å²) in [4.78, 5) is 0. The van der Waals surface area contributed by atoms with Crippen molar-refractivity contribution < 1.29 is 0 Å². The molecule has 5 aromatic rings. The average Bonchev–Trinajstić information content (AvgIpc) is 2.96. The Morgan fingerprint density at radius 3 is 1.83 bits per heavy atom. The molecule has 107 valence electrons. The van der Waals surface area contributed by atoms with Crippen molar-refractivity contribution in [3.05, 3.63) is 91.0 Å². The Hall–Kier alpha value is -3.06. The lowest BCUT2D eigenvalue weighted by molar-refractivity contribution is 1.20. The summed E-state index contributed by atoms with van der Waals surface area (Å²) in [6.45, 7) is 0. The Balaban J connectivity index is 2.03. The molecular formula is C22H14N. The molecule has 0 aliphatic carbocycles. The maximum atomic E-state index is 3.34. The fourth-order valence-electron chi connectivity index (χ4n) is 3.51. The van der Waals surface area contributed by atoms with Gasteiger partial charge in [0.15, 0.2) is 0 Å². The highest BCUT2D eigenvalue weighted by molar-refractivity contribution is 6.10. The predicted molar refractivity (Wildman–Crippen MR) is 97.1 cm³/mol. The van der Waals surface area contributed by atoms with Gasteiger partial charge in [-0.3, -0.25) is 0 Å². The number of fused-ring (bicyclic) bond motifs is 4. The topological polar surface area (TPSA) is 4.93 Å². The molecule has 1 radical (unpaired) electrons. The van der Waals surface area contributed by atoms with Crippen molar-refractivity contribution in [1.82, 2.24) is 4.57 Å². The molecule has 1 heteroatoms. The summed E-state index contributed by atoms with van der Waals surface area (Å²) >= 11 is 0. The number of para-hydroxylation sites is 2. The molecule has 0 aliphatic heterocycles. The van der Waals surface area contributed by atoms with Crippen molar-refractivity contribution in [1.29, 1.82) is 0 Å². The first-order valence-electron chi connectivity index (χ1n) is 7.81. The van der Waals surface area contributed by atoms with Crippen molar-refractivity contribution in [2.24, 2.45) is 0 Å². The van der Waals surface area contributed by atoms with Gasteiger partial charge in [0.1, 0.15) is 0 Å². The molecule has 0 fully saturated rings. The quantitative estimate of drug-likeness (QED) is 0.371. The standard InChI is InChI=1S/C22H14N/c1-2-10-17-16(8-1)9-7-15-20(17)23-21-13-5-3-11-18(21)19-12-4-6-14-22(19)23/h1-8,10-15H. The molecule has 0 saturated carbocycles. The molecule has 1 nitrogen and oxygen atoms in total. The minimum Gasteiger partial charge on any atom is -0.309 e. The minimum absolute atomic E-state index is 1.15. The van der Waals surface area contributed by atoms with Crippen LogP contribution in [0.4, 0.5) is 0 Å². The fourth-order valence-corrected chi connectivity index (χ4v) is 3.51. The van der Waals surface area contributed by atoms with E-state index in [1.165, 1.54) is 32.9 Å². The molecule has 5 rings (SSSR count). The molecule has 23 heavy (non-hydrogen) atoms. The lowest BCUT2D eigenvalue weighted by atomic mass is 10.1. The van der Waals surface area contributed by atoms with E-state index in [-0.39, 0.29) is 0 Å². The van der Waals surface area contributed by atoms with Gasteiger partial charge >= 0.3 is 0 Å². The smallest absolute Gasteiger partial charge is 0.0541 e. The van der Waals surface area contributed by atoms with Gasteiger partial charge in [-0.25, -0.2) is 0 Å². The minimum atomic E-state index is 1.15. The van der Waals surface area contributed by atoms with Gasteiger partial charge in [0.05, 0.1) is 16.7 Å². The van der Waals surface area contributed by atoms with E-state index in [0.29, 0.717) is 0 Å². The number of aromatic nitrogens is 1. The molecule has 0 spiro atoms. The van der Waals surface area contributed by atoms with Gasteiger partial charge < -0.3 is 4.57 Å². The summed E-state index contributed by atoms with van der Waals surface area (Å²) < 4.78 is 2.36. The Labute approximate surface area is 134 Å². The summed E-state index contributed by atoms with van der Waals surface area (Å²) in [6.07, 6.45) is 0. The SMILES string of the molecule is [c]1ccc(-n2c3ccccc3c3ccccc32)c2ccccc12. The van der Waals surface area contributed by atoms with Gasteiger partial charge in [-0.1, -0.05) is 66.7 Å². The summed E-state index contributed by atoms with van der Waals surface area (Å²) in [5.74, 6) is 0. The van der Waals surface area contributed by atoms with E-state index in [1.807, 2.05) is 6.07 Å². The van der Waals surface area contributed by atoms with Gasteiger partial charge in [0.2, 0.25) is 0 Å². The number of hydrogen-bond acceptors (Lipinski definition) is 0. The second-order valence-electron chi connectivity index (χ2n) is 5.78. The van der Waals surface area contributed by atoms with Crippen LogP contribution in [0, 0.1) is 6.07 Å². The number of benzene rings is 4. The predicted octanol–water partition coefficient (Wildman–Crippen LogP) is 5.74. The molecule has 0 aliphatic rings. The Morgan fingerprint density at radius 2 is 1.13 bits per heavy atom. The van der Waals surface area contributed by atoms with E-state index < -0.39 is 0 Å². The third kappa shape index (κ3) is 1.74. The number of hydrogen-bond donors (Lipinski definition) is 0. The van der Waals surface area contributed by atoms with Crippen LogP contribution in [0.15, 0.2) is 84.9 Å². The first-order chi connectivity index (χ1) is 11.4. The molecule has 0 saturated heterocycles. The number of rotatable bonds is 1. The van der Waals surface area contributed by atoms with Crippen molar-refractivity contribution in [3.8, 4) is 5.69 Å². The lowest BCUT2D eigenvalue weighted by Crippen LogP contribution is -1.94. The van der Waals surface area contributed by atoms with Gasteiger partial charge in [-0.15, -0.1) is 0 Å². The molecule has 0 unspecified atom stereocenters.